The molecule has 0 saturated carbocycles. The topological polar surface area (TPSA) is 52.6 Å². The van der Waals surface area contributed by atoms with Crippen LogP contribution in [-0.2, 0) is 35.5 Å². The average Bonchev–Trinajstić information content (AvgIpc) is 2.25. The molecule has 0 radical (unpaired) electrons. The summed E-state index contributed by atoms with van der Waals surface area (Å²) < 4.78 is 10.5. The van der Waals surface area contributed by atoms with Gasteiger partial charge in [0, 0.05) is 0 Å². The molecule has 0 amide bonds. The third kappa shape index (κ3) is 4.06. The summed E-state index contributed by atoms with van der Waals surface area (Å²) in [5.41, 5.74) is 0.509. The number of hydrogen-bond donors (Lipinski definition) is 0. The summed E-state index contributed by atoms with van der Waals surface area (Å²) in [5, 5.41) is 0. The molecule has 6 heteroatoms. The Hall–Kier alpha value is -0.175. The predicted molar refractivity (Wildman–Crippen MR) is 57.3 cm³/mol. The third-order valence-electron chi connectivity index (χ3n) is 1.74. The minimum atomic E-state index is -1.96. The van der Waals surface area contributed by atoms with E-state index in [1.165, 1.54) is 6.92 Å². The maximum absolute atomic E-state index is 11.3. The molecule has 1 aromatic carbocycles. The van der Waals surface area contributed by atoms with Gasteiger partial charge in [-0.2, -0.15) is 0 Å². The van der Waals surface area contributed by atoms with Crippen molar-refractivity contribution in [3.63, 3.8) is 0 Å². The van der Waals surface area contributed by atoms with Crippen molar-refractivity contribution in [2.75, 3.05) is 0 Å². The molecule has 4 nitrogen and oxygen atoms in total. The minimum absolute atomic E-state index is 0.283. The van der Waals surface area contributed by atoms with Crippen LogP contribution in [-0.4, -0.2) is 11.9 Å². The first-order valence-corrected chi connectivity index (χ1v) is 10.1. The van der Waals surface area contributed by atoms with E-state index in [1.54, 1.807) is 35.1 Å². The normalized spacial score (nSPS) is 8.93. The first-order valence-electron chi connectivity index (χ1n) is 4.19. The summed E-state index contributed by atoms with van der Waals surface area (Å²) >= 11 is -0.415. The van der Waals surface area contributed by atoms with Crippen molar-refractivity contribution in [1.29, 1.82) is 0 Å². The maximum atomic E-state index is 11.3. The van der Waals surface area contributed by atoms with Gasteiger partial charge in [-0.25, -0.2) is 0 Å². The van der Waals surface area contributed by atoms with Gasteiger partial charge in [-0.3, -0.25) is 0 Å². The number of rotatable bonds is 3. The van der Waals surface area contributed by atoms with Crippen LogP contribution in [0.15, 0.2) is 24.3 Å². The molecule has 0 N–H and O–H groups in total. The van der Waals surface area contributed by atoms with E-state index in [1.807, 2.05) is 12.1 Å². The fraction of sp³-hybridized carbons (Fsp3) is 0.111. The van der Waals surface area contributed by atoms with Crippen molar-refractivity contribution in [1.82, 2.24) is 0 Å². The summed E-state index contributed by atoms with van der Waals surface area (Å²) in [6.07, 6.45) is 0. The summed E-state index contributed by atoms with van der Waals surface area (Å²) in [5.74, 6) is -0.673. The quantitative estimate of drug-likeness (QED) is 0.459. The van der Waals surface area contributed by atoms with E-state index < -0.39 is 31.0 Å². The van der Waals surface area contributed by atoms with Crippen LogP contribution in [0.25, 0.3) is 0 Å². The fourth-order valence-electron chi connectivity index (χ4n) is 1.07. The second-order valence-electron chi connectivity index (χ2n) is 2.80. The average molecular weight is 507 g/mol. The Balaban J connectivity index is 2.86. The van der Waals surface area contributed by atoms with E-state index in [2.05, 4.69) is 3.07 Å². The van der Waals surface area contributed by atoms with E-state index in [9.17, 15) is 9.59 Å². The van der Waals surface area contributed by atoms with Gasteiger partial charge in [-0.05, 0) is 0 Å². The standard InChI is InChI=1S/C7H4IO2.C2H4O2.Hg/c8-10-7(9)6-4-2-1-3-5-6;1-2(3)4;/h1-4H;1H3,(H,3,4);/q;;+1/p-1. The molecule has 1 rings (SSSR count). The van der Waals surface area contributed by atoms with Crippen molar-refractivity contribution in [2.45, 2.75) is 6.92 Å². The Morgan fingerprint density at radius 3 is 2.60 bits per heavy atom. The number of hydrogen-bond acceptors (Lipinski definition) is 4. The Morgan fingerprint density at radius 1 is 1.33 bits per heavy atom. The second kappa shape index (κ2) is 6.42. The molecule has 0 aliphatic rings. The number of benzene rings is 1. The molecule has 0 bridgehead atoms. The van der Waals surface area contributed by atoms with Gasteiger partial charge in [-0.15, -0.1) is 0 Å². The molecule has 0 aliphatic heterocycles. The predicted octanol–water partition coefficient (Wildman–Crippen LogP) is 1.38. The molecular formula is C9H7HgIO4. The molecule has 0 heterocycles. The summed E-state index contributed by atoms with van der Waals surface area (Å²) in [6, 6.07) is 7.07. The van der Waals surface area contributed by atoms with Gasteiger partial charge < -0.3 is 0 Å². The van der Waals surface area contributed by atoms with Gasteiger partial charge in [0.1, 0.15) is 0 Å². The molecule has 76 valence electrons. The van der Waals surface area contributed by atoms with Gasteiger partial charge in [0.05, 0.1) is 0 Å². The molecule has 0 spiro atoms. The van der Waals surface area contributed by atoms with Crippen LogP contribution in [0.1, 0.15) is 17.3 Å². The zero-order chi connectivity index (χ0) is 11.3. The fourth-order valence-corrected chi connectivity index (χ4v) is 5.23. The monoisotopic (exact) mass is 508 g/mol. The molecule has 0 aliphatic carbocycles. The van der Waals surface area contributed by atoms with Crippen LogP contribution in [0.5, 0.6) is 0 Å². The summed E-state index contributed by atoms with van der Waals surface area (Å²) in [6.45, 7) is 1.37. The van der Waals surface area contributed by atoms with Gasteiger partial charge in [0.2, 0.25) is 0 Å². The van der Waals surface area contributed by atoms with Gasteiger partial charge >= 0.3 is 115 Å². The molecule has 0 atom stereocenters. The summed E-state index contributed by atoms with van der Waals surface area (Å²) in [7, 11) is 0. The van der Waals surface area contributed by atoms with E-state index in [0.29, 0.717) is 5.56 Å². The Bertz CT molecular complexity index is 380. The van der Waals surface area contributed by atoms with Crippen LogP contribution in [0.2, 0.25) is 0 Å². The van der Waals surface area contributed by atoms with Gasteiger partial charge in [-0.1, -0.05) is 0 Å². The van der Waals surface area contributed by atoms with Gasteiger partial charge in [0.15, 0.2) is 0 Å². The summed E-state index contributed by atoms with van der Waals surface area (Å²) in [4.78, 5) is 22.0. The Morgan fingerprint density at radius 2 is 2.00 bits per heavy atom. The van der Waals surface area contributed by atoms with Crippen molar-refractivity contribution in [3.05, 3.63) is 29.8 Å². The second-order valence-corrected chi connectivity index (χ2v) is 8.45. The number of carbonyl (C=O) groups is 2. The zero-order valence-electron chi connectivity index (χ0n) is 8.03. The molecule has 1 aromatic rings. The molecular weight excluding hydrogens is 500 g/mol. The van der Waals surface area contributed by atoms with Crippen LogP contribution in [0.3, 0.4) is 0 Å². The SMILES string of the molecule is CC(=O)[O][Hg][c]1ccccc1C(=O)OI. The van der Waals surface area contributed by atoms with Crippen LogP contribution in [0, 0.1) is 0 Å². The van der Waals surface area contributed by atoms with Crippen LogP contribution in [0.4, 0.5) is 0 Å². The molecule has 0 unspecified atom stereocenters. The van der Waals surface area contributed by atoms with Crippen molar-refractivity contribution < 1.29 is 40.3 Å². The van der Waals surface area contributed by atoms with E-state index in [0.717, 1.165) is 3.07 Å². The molecule has 0 fully saturated rings. The van der Waals surface area contributed by atoms with E-state index >= 15 is 0 Å². The number of carbonyl (C=O) groups excluding carboxylic acids is 2. The van der Waals surface area contributed by atoms with Crippen molar-refractivity contribution in [2.24, 2.45) is 0 Å². The first-order chi connectivity index (χ1) is 7.15. The zero-order valence-corrected chi connectivity index (χ0v) is 15.7. The Kier molecular flexibility index (Phi) is 5.52. The van der Waals surface area contributed by atoms with Crippen LogP contribution < -0.4 is 3.07 Å². The third-order valence-corrected chi connectivity index (χ3v) is 7.89. The number of halogens is 1. The molecule has 0 saturated heterocycles. The first kappa shape index (κ1) is 12.9. The molecule has 0 aromatic heterocycles. The van der Waals surface area contributed by atoms with Crippen molar-refractivity contribution in [3.8, 4) is 0 Å². The molecule has 15 heavy (non-hydrogen) atoms. The van der Waals surface area contributed by atoms with Crippen LogP contribution >= 0.6 is 23.0 Å². The van der Waals surface area contributed by atoms with E-state index in [-0.39, 0.29) is 5.97 Å². The van der Waals surface area contributed by atoms with E-state index in [4.69, 9.17) is 2.64 Å². The van der Waals surface area contributed by atoms with Crippen molar-refractivity contribution >= 4 is 38.0 Å². The Labute approximate surface area is 114 Å². The van der Waals surface area contributed by atoms with Gasteiger partial charge in [0.25, 0.3) is 0 Å².